The van der Waals surface area contributed by atoms with Crippen LogP contribution in [0.5, 0.6) is 11.5 Å². The molecule has 1 heterocycles. The number of hydrogen-bond donors (Lipinski definition) is 2. The molecule has 1 fully saturated rings. The Bertz CT molecular complexity index is 595. The number of methoxy groups -OCH3 is 2. The van der Waals surface area contributed by atoms with Crippen LogP contribution in [0.25, 0.3) is 0 Å². The first kappa shape index (κ1) is 14.9. The number of ether oxygens (including phenoxy) is 2. The van der Waals surface area contributed by atoms with Gasteiger partial charge in [-0.05, 0) is 25.1 Å². The summed E-state index contributed by atoms with van der Waals surface area (Å²) in [5.41, 5.74) is 0.696. The normalized spacial score (nSPS) is 19.7. The van der Waals surface area contributed by atoms with Gasteiger partial charge in [-0.2, -0.15) is 0 Å². The maximum absolute atomic E-state index is 12.2. The number of carbonyl (C=O) groups is 2. The van der Waals surface area contributed by atoms with Crippen LogP contribution >= 0.6 is 0 Å². The Balaban J connectivity index is 2.22. The number of hydrogen-bond acceptors (Lipinski definition) is 5. The van der Waals surface area contributed by atoms with Gasteiger partial charge < -0.3 is 20.1 Å². The Morgan fingerprint density at radius 1 is 1.29 bits per heavy atom. The molecule has 0 saturated carbocycles. The molecule has 1 aromatic rings. The lowest BCUT2D eigenvalue weighted by atomic mass is 10.1. The molecule has 1 aliphatic heterocycles. The number of amides is 1. The Morgan fingerprint density at radius 3 is 2.62 bits per heavy atom. The van der Waals surface area contributed by atoms with Crippen LogP contribution < -0.4 is 20.1 Å². The monoisotopic (exact) mass is 290 g/mol. The molecule has 0 aromatic heterocycles. The van der Waals surface area contributed by atoms with Gasteiger partial charge in [0.2, 0.25) is 0 Å². The van der Waals surface area contributed by atoms with E-state index in [9.17, 15) is 9.59 Å². The highest BCUT2D eigenvalue weighted by molar-refractivity contribution is 6.09. The van der Waals surface area contributed by atoms with Gasteiger partial charge in [0.05, 0.1) is 14.2 Å². The fourth-order valence-electron chi connectivity index (χ4n) is 2.02. The first-order chi connectivity index (χ1) is 10.0. The van der Waals surface area contributed by atoms with Crippen LogP contribution in [0.15, 0.2) is 30.0 Å². The van der Waals surface area contributed by atoms with E-state index >= 15 is 0 Å². The first-order valence-corrected chi connectivity index (χ1v) is 6.58. The summed E-state index contributed by atoms with van der Waals surface area (Å²) >= 11 is 0. The van der Waals surface area contributed by atoms with Crippen molar-refractivity contribution in [2.24, 2.45) is 0 Å². The second-order valence-electron chi connectivity index (χ2n) is 4.75. The minimum Gasteiger partial charge on any atom is -0.493 e. The van der Waals surface area contributed by atoms with Gasteiger partial charge in [-0.15, -0.1) is 0 Å². The Kier molecular flexibility index (Phi) is 4.47. The van der Waals surface area contributed by atoms with Crippen LogP contribution in [0, 0.1) is 0 Å². The zero-order valence-corrected chi connectivity index (χ0v) is 12.2. The van der Waals surface area contributed by atoms with Crippen LogP contribution in [0.4, 0.5) is 0 Å². The summed E-state index contributed by atoms with van der Waals surface area (Å²) in [5, 5.41) is 5.70. The molecule has 0 radical (unpaired) electrons. The highest BCUT2D eigenvalue weighted by Crippen LogP contribution is 2.27. The summed E-state index contributed by atoms with van der Waals surface area (Å²) in [6, 6.07) is 4.91. The Hall–Kier alpha value is -2.50. The van der Waals surface area contributed by atoms with Crippen LogP contribution in [-0.4, -0.2) is 38.5 Å². The van der Waals surface area contributed by atoms with Gasteiger partial charge >= 0.3 is 0 Å². The molecule has 112 valence electrons. The van der Waals surface area contributed by atoms with Crippen molar-refractivity contribution < 1.29 is 19.1 Å². The predicted molar refractivity (Wildman–Crippen MR) is 77.6 cm³/mol. The van der Waals surface area contributed by atoms with E-state index in [1.54, 1.807) is 18.2 Å². The molecule has 1 aliphatic rings. The molecule has 1 saturated heterocycles. The molecule has 21 heavy (non-hydrogen) atoms. The number of benzene rings is 1. The molecular weight excluding hydrogens is 272 g/mol. The third-order valence-electron chi connectivity index (χ3n) is 3.16. The number of allylic oxidation sites excluding steroid dienone is 1. The van der Waals surface area contributed by atoms with Crippen molar-refractivity contribution in [3.05, 3.63) is 35.5 Å². The third-order valence-corrected chi connectivity index (χ3v) is 3.16. The number of nitrogens with one attached hydrogen (secondary N) is 2. The first-order valence-electron chi connectivity index (χ1n) is 6.58. The van der Waals surface area contributed by atoms with Gasteiger partial charge in [0.25, 0.3) is 5.91 Å². The second-order valence-corrected chi connectivity index (χ2v) is 4.75. The lowest BCUT2D eigenvalue weighted by Gasteiger charge is -2.23. The average Bonchev–Trinajstić information content (AvgIpc) is 2.49. The molecule has 0 unspecified atom stereocenters. The predicted octanol–water partition coefficient (Wildman–Crippen LogP) is 0.878. The number of rotatable bonds is 4. The zero-order chi connectivity index (χ0) is 15.4. The largest absolute Gasteiger partial charge is 0.493 e. The van der Waals surface area contributed by atoms with E-state index < -0.39 is 0 Å². The van der Waals surface area contributed by atoms with Crippen molar-refractivity contribution in [1.29, 1.82) is 0 Å². The standard InChI is InChI=1S/C15H18N2O4/c1-9-8-16-11(15(19)17-9)7-12(18)10-4-5-13(20-2)14(6-10)21-3/h4-7,9,16H,8H2,1-3H3,(H,17,19)/b11-7-/t9-/m0/s1. The van der Waals surface area contributed by atoms with Crippen molar-refractivity contribution in [2.45, 2.75) is 13.0 Å². The van der Waals surface area contributed by atoms with E-state index in [0.29, 0.717) is 23.6 Å². The van der Waals surface area contributed by atoms with Crippen molar-refractivity contribution in [3.8, 4) is 11.5 Å². The lowest BCUT2D eigenvalue weighted by molar-refractivity contribution is -0.119. The summed E-state index contributed by atoms with van der Waals surface area (Å²) < 4.78 is 10.3. The zero-order valence-electron chi connectivity index (χ0n) is 12.2. The summed E-state index contributed by atoms with van der Waals surface area (Å²) in [6.07, 6.45) is 1.29. The minimum atomic E-state index is -0.275. The van der Waals surface area contributed by atoms with Gasteiger partial charge in [0.1, 0.15) is 5.70 Å². The number of ketones is 1. The maximum atomic E-state index is 12.2. The smallest absolute Gasteiger partial charge is 0.267 e. The summed E-state index contributed by atoms with van der Waals surface area (Å²) in [6.45, 7) is 2.48. The van der Waals surface area contributed by atoms with Gasteiger partial charge in [0, 0.05) is 24.2 Å². The molecule has 1 amide bonds. The highest BCUT2D eigenvalue weighted by Gasteiger charge is 2.20. The molecule has 0 aliphatic carbocycles. The van der Waals surface area contributed by atoms with E-state index in [-0.39, 0.29) is 23.4 Å². The van der Waals surface area contributed by atoms with E-state index in [1.165, 1.54) is 20.3 Å². The van der Waals surface area contributed by atoms with Crippen LogP contribution in [0.2, 0.25) is 0 Å². The lowest BCUT2D eigenvalue weighted by Crippen LogP contribution is -2.49. The fourth-order valence-corrected chi connectivity index (χ4v) is 2.02. The minimum absolute atomic E-state index is 0.0471. The summed E-state index contributed by atoms with van der Waals surface area (Å²) in [7, 11) is 3.03. The van der Waals surface area contributed by atoms with Crippen molar-refractivity contribution in [3.63, 3.8) is 0 Å². The van der Waals surface area contributed by atoms with E-state index in [1.807, 2.05) is 6.92 Å². The van der Waals surface area contributed by atoms with Gasteiger partial charge in [-0.1, -0.05) is 0 Å². The summed E-state index contributed by atoms with van der Waals surface area (Å²) in [4.78, 5) is 24.0. The topological polar surface area (TPSA) is 76.7 Å². The SMILES string of the molecule is COc1ccc(C(=O)/C=C2\NC[C@H](C)NC2=O)cc1OC. The number of carbonyl (C=O) groups excluding carboxylic acids is 2. The Morgan fingerprint density at radius 2 is 2.00 bits per heavy atom. The van der Waals surface area contributed by atoms with E-state index in [0.717, 1.165) is 0 Å². The van der Waals surface area contributed by atoms with Gasteiger partial charge in [-0.25, -0.2) is 0 Å². The third kappa shape index (κ3) is 3.34. The quantitative estimate of drug-likeness (QED) is 0.636. The molecule has 0 bridgehead atoms. The Labute approximate surface area is 123 Å². The van der Waals surface area contributed by atoms with Crippen molar-refractivity contribution in [1.82, 2.24) is 10.6 Å². The van der Waals surface area contributed by atoms with Crippen molar-refractivity contribution in [2.75, 3.05) is 20.8 Å². The molecule has 1 atom stereocenters. The molecule has 1 aromatic carbocycles. The number of piperazine rings is 1. The van der Waals surface area contributed by atoms with Crippen LogP contribution in [0.3, 0.4) is 0 Å². The molecule has 6 heteroatoms. The maximum Gasteiger partial charge on any atom is 0.267 e. The average molecular weight is 290 g/mol. The van der Waals surface area contributed by atoms with E-state index in [4.69, 9.17) is 9.47 Å². The highest BCUT2D eigenvalue weighted by atomic mass is 16.5. The summed E-state index contributed by atoms with van der Waals surface area (Å²) in [5.74, 6) is 0.464. The van der Waals surface area contributed by atoms with Crippen LogP contribution in [0.1, 0.15) is 17.3 Å². The van der Waals surface area contributed by atoms with E-state index in [2.05, 4.69) is 10.6 Å². The molecule has 6 nitrogen and oxygen atoms in total. The van der Waals surface area contributed by atoms with Gasteiger partial charge in [0.15, 0.2) is 17.3 Å². The molecule has 2 rings (SSSR count). The molecule has 0 spiro atoms. The van der Waals surface area contributed by atoms with Crippen molar-refractivity contribution >= 4 is 11.7 Å². The van der Waals surface area contributed by atoms with Crippen LogP contribution in [-0.2, 0) is 4.79 Å². The molecule has 2 N–H and O–H groups in total. The fraction of sp³-hybridized carbons (Fsp3) is 0.333. The second kappa shape index (κ2) is 6.30. The van der Waals surface area contributed by atoms with Gasteiger partial charge in [-0.3, -0.25) is 9.59 Å². The molecular formula is C15H18N2O4.